The molecule has 3 amide bonds. The highest BCUT2D eigenvalue weighted by molar-refractivity contribution is 8.14. The van der Waals surface area contributed by atoms with Crippen LogP contribution in [0, 0.1) is 0 Å². The van der Waals surface area contributed by atoms with E-state index in [1.807, 2.05) is 24.3 Å². The quantitative estimate of drug-likeness (QED) is 0.790. The van der Waals surface area contributed by atoms with Crippen LogP contribution in [0.15, 0.2) is 24.3 Å². The standard InChI is InChI=1S/C19H24N2O4S/c1-13(2)14-3-5-16(6-4-14)25-11-17(22)20-9-7-15(8-10-20)21-18(23)12-26-19(21)24/h3-6,13,15H,7-12H2,1-2H3. The molecule has 0 bridgehead atoms. The molecule has 3 rings (SSSR count). The van der Waals surface area contributed by atoms with E-state index in [9.17, 15) is 14.4 Å². The smallest absolute Gasteiger partial charge is 0.289 e. The monoisotopic (exact) mass is 376 g/mol. The average Bonchev–Trinajstić information content (AvgIpc) is 2.98. The normalized spacial score (nSPS) is 18.7. The lowest BCUT2D eigenvalue weighted by Crippen LogP contribution is -2.49. The maximum absolute atomic E-state index is 12.4. The van der Waals surface area contributed by atoms with Gasteiger partial charge in [-0.05, 0) is 36.5 Å². The molecule has 1 aromatic carbocycles. The van der Waals surface area contributed by atoms with Crippen LogP contribution in [0.5, 0.6) is 5.75 Å². The number of nitrogens with zero attached hydrogens (tertiary/aromatic N) is 2. The third-order valence-corrected chi connectivity index (χ3v) is 5.71. The number of carbonyl (C=O) groups excluding carboxylic acids is 3. The molecule has 0 N–H and O–H groups in total. The number of piperidine rings is 1. The summed E-state index contributed by atoms with van der Waals surface area (Å²) in [5.41, 5.74) is 1.23. The third kappa shape index (κ3) is 4.20. The number of hydrogen-bond acceptors (Lipinski definition) is 5. The van der Waals surface area contributed by atoms with Crippen molar-refractivity contribution < 1.29 is 19.1 Å². The summed E-state index contributed by atoms with van der Waals surface area (Å²) in [5, 5.41) is -0.159. The summed E-state index contributed by atoms with van der Waals surface area (Å²) in [6.45, 7) is 5.35. The number of ether oxygens (including phenoxy) is 1. The van der Waals surface area contributed by atoms with Crippen molar-refractivity contribution in [2.45, 2.75) is 38.6 Å². The maximum Gasteiger partial charge on any atom is 0.289 e. The van der Waals surface area contributed by atoms with Crippen molar-refractivity contribution >= 4 is 28.8 Å². The largest absolute Gasteiger partial charge is 0.484 e. The minimum atomic E-state index is -0.159. The zero-order valence-electron chi connectivity index (χ0n) is 15.1. The Morgan fingerprint density at radius 3 is 2.38 bits per heavy atom. The molecule has 0 aromatic heterocycles. The molecule has 26 heavy (non-hydrogen) atoms. The van der Waals surface area contributed by atoms with Gasteiger partial charge in [0.2, 0.25) is 5.91 Å². The second-order valence-corrected chi connectivity index (χ2v) is 7.87. The second-order valence-electron chi connectivity index (χ2n) is 6.94. The van der Waals surface area contributed by atoms with Gasteiger partial charge in [0.15, 0.2) is 6.61 Å². The number of imide groups is 1. The average molecular weight is 376 g/mol. The van der Waals surface area contributed by atoms with Crippen LogP contribution in [0.1, 0.15) is 38.2 Å². The van der Waals surface area contributed by atoms with Gasteiger partial charge in [-0.1, -0.05) is 37.7 Å². The molecule has 0 aliphatic carbocycles. The van der Waals surface area contributed by atoms with Crippen LogP contribution in [-0.2, 0) is 9.59 Å². The summed E-state index contributed by atoms with van der Waals surface area (Å²) in [5.74, 6) is 1.20. The number of amides is 3. The number of thioether (sulfide) groups is 1. The molecule has 1 aromatic rings. The van der Waals surface area contributed by atoms with Crippen molar-refractivity contribution in [1.29, 1.82) is 0 Å². The maximum atomic E-state index is 12.4. The van der Waals surface area contributed by atoms with E-state index in [1.54, 1.807) is 4.90 Å². The van der Waals surface area contributed by atoms with Crippen molar-refractivity contribution in [2.75, 3.05) is 25.4 Å². The fourth-order valence-electron chi connectivity index (χ4n) is 3.28. The minimum Gasteiger partial charge on any atom is -0.484 e. The van der Waals surface area contributed by atoms with Gasteiger partial charge in [0.25, 0.3) is 11.1 Å². The molecule has 0 spiro atoms. The minimum absolute atomic E-state index is 0.00309. The van der Waals surface area contributed by atoms with Crippen LogP contribution < -0.4 is 4.74 Å². The van der Waals surface area contributed by atoms with Crippen molar-refractivity contribution in [3.8, 4) is 5.75 Å². The van der Waals surface area contributed by atoms with Gasteiger partial charge in [0.05, 0.1) is 5.75 Å². The topological polar surface area (TPSA) is 66.9 Å². The molecule has 7 heteroatoms. The predicted molar refractivity (Wildman–Crippen MR) is 100 cm³/mol. The van der Waals surface area contributed by atoms with Crippen LogP contribution in [0.4, 0.5) is 4.79 Å². The number of rotatable bonds is 5. The van der Waals surface area contributed by atoms with Gasteiger partial charge in [0, 0.05) is 19.1 Å². The predicted octanol–water partition coefficient (Wildman–Crippen LogP) is 2.88. The lowest BCUT2D eigenvalue weighted by atomic mass is 10.0. The number of hydrogen-bond donors (Lipinski definition) is 0. The van der Waals surface area contributed by atoms with Crippen LogP contribution >= 0.6 is 11.8 Å². The van der Waals surface area contributed by atoms with Gasteiger partial charge in [-0.3, -0.25) is 19.3 Å². The van der Waals surface area contributed by atoms with Crippen LogP contribution in [-0.4, -0.2) is 58.3 Å². The summed E-state index contributed by atoms with van der Waals surface area (Å²) in [6, 6.07) is 7.71. The Morgan fingerprint density at radius 1 is 1.19 bits per heavy atom. The van der Waals surface area contributed by atoms with Crippen molar-refractivity contribution in [3.63, 3.8) is 0 Å². The van der Waals surface area contributed by atoms with E-state index < -0.39 is 0 Å². The molecule has 2 saturated heterocycles. The second kappa shape index (κ2) is 8.12. The van der Waals surface area contributed by atoms with Crippen molar-refractivity contribution in [3.05, 3.63) is 29.8 Å². The Balaban J connectivity index is 1.46. The first-order chi connectivity index (χ1) is 12.5. The first-order valence-electron chi connectivity index (χ1n) is 8.95. The van der Waals surface area contributed by atoms with Gasteiger partial charge in [-0.2, -0.15) is 0 Å². The molecular formula is C19H24N2O4S. The molecule has 2 aliphatic heterocycles. The van der Waals surface area contributed by atoms with E-state index in [0.29, 0.717) is 37.6 Å². The summed E-state index contributed by atoms with van der Waals surface area (Å²) in [4.78, 5) is 39.1. The molecule has 2 heterocycles. The lowest BCUT2D eigenvalue weighted by Gasteiger charge is -2.35. The Hall–Kier alpha value is -2.02. The van der Waals surface area contributed by atoms with Gasteiger partial charge >= 0.3 is 0 Å². The number of likely N-dealkylation sites (tertiary alicyclic amines) is 1. The first-order valence-corrected chi connectivity index (χ1v) is 9.93. The highest BCUT2D eigenvalue weighted by atomic mass is 32.2. The molecule has 0 unspecified atom stereocenters. The van der Waals surface area contributed by atoms with Crippen molar-refractivity contribution in [2.24, 2.45) is 0 Å². The molecule has 0 atom stereocenters. The molecule has 2 fully saturated rings. The highest BCUT2D eigenvalue weighted by Crippen LogP contribution is 2.26. The highest BCUT2D eigenvalue weighted by Gasteiger charge is 2.37. The SMILES string of the molecule is CC(C)c1ccc(OCC(=O)N2CCC(N3C(=O)CSC3=O)CC2)cc1. The van der Waals surface area contributed by atoms with E-state index in [4.69, 9.17) is 4.74 Å². The van der Waals surface area contributed by atoms with Crippen molar-refractivity contribution in [1.82, 2.24) is 9.80 Å². The van der Waals surface area contributed by atoms with Crippen LogP contribution in [0.3, 0.4) is 0 Å². The van der Waals surface area contributed by atoms with E-state index in [-0.39, 0.29) is 35.5 Å². The Morgan fingerprint density at radius 2 is 1.85 bits per heavy atom. The third-order valence-electron chi connectivity index (χ3n) is 4.88. The van der Waals surface area contributed by atoms with E-state index in [2.05, 4.69) is 13.8 Å². The van der Waals surface area contributed by atoms with Crippen LogP contribution in [0.25, 0.3) is 0 Å². The number of benzene rings is 1. The summed E-state index contributed by atoms with van der Waals surface area (Å²) in [7, 11) is 0. The molecule has 2 aliphatic rings. The Bertz CT molecular complexity index is 665. The lowest BCUT2D eigenvalue weighted by molar-refractivity contribution is -0.135. The van der Waals surface area contributed by atoms with E-state index in [1.165, 1.54) is 10.5 Å². The number of carbonyl (C=O) groups is 3. The summed E-state index contributed by atoms with van der Waals surface area (Å²) >= 11 is 1.06. The molecule has 6 nitrogen and oxygen atoms in total. The molecule has 0 saturated carbocycles. The first kappa shape index (κ1) is 18.8. The van der Waals surface area contributed by atoms with E-state index >= 15 is 0 Å². The fraction of sp³-hybridized carbons (Fsp3) is 0.526. The van der Waals surface area contributed by atoms with Gasteiger partial charge < -0.3 is 9.64 Å². The van der Waals surface area contributed by atoms with Crippen LogP contribution in [0.2, 0.25) is 0 Å². The molecular weight excluding hydrogens is 352 g/mol. The van der Waals surface area contributed by atoms with E-state index in [0.717, 1.165) is 11.8 Å². The van der Waals surface area contributed by atoms with Gasteiger partial charge in [0.1, 0.15) is 5.75 Å². The fourth-order valence-corrected chi connectivity index (χ4v) is 4.05. The van der Waals surface area contributed by atoms with Gasteiger partial charge in [-0.15, -0.1) is 0 Å². The summed E-state index contributed by atoms with van der Waals surface area (Å²) < 4.78 is 5.60. The molecule has 140 valence electrons. The zero-order valence-corrected chi connectivity index (χ0v) is 16.0. The zero-order chi connectivity index (χ0) is 18.7. The molecule has 0 radical (unpaired) electrons. The van der Waals surface area contributed by atoms with Gasteiger partial charge in [-0.25, -0.2) is 0 Å². The Labute approximate surface area is 157 Å². The summed E-state index contributed by atoms with van der Waals surface area (Å²) in [6.07, 6.45) is 1.26. The Kier molecular flexibility index (Phi) is 5.86.